The van der Waals surface area contributed by atoms with Crippen LogP contribution in [-0.2, 0) is 21.2 Å². The van der Waals surface area contributed by atoms with E-state index in [4.69, 9.17) is 4.42 Å². The molecule has 148 valence electrons. The van der Waals surface area contributed by atoms with Crippen LogP contribution in [0.5, 0.6) is 0 Å². The molecule has 1 N–H and O–H groups in total. The molecule has 27 heavy (non-hydrogen) atoms. The highest BCUT2D eigenvalue weighted by Gasteiger charge is 2.37. The molecule has 1 saturated heterocycles. The summed E-state index contributed by atoms with van der Waals surface area (Å²) in [6.07, 6.45) is 3.65. The van der Waals surface area contributed by atoms with Gasteiger partial charge < -0.3 is 14.5 Å². The van der Waals surface area contributed by atoms with Gasteiger partial charge in [-0.05, 0) is 11.6 Å². The van der Waals surface area contributed by atoms with Crippen LogP contribution in [0.3, 0.4) is 0 Å². The number of aromatic nitrogens is 1. The number of halogens is 1. The Balaban J connectivity index is 0.00000261. The molecular formula is C17H22ClN3O5S. The molecule has 2 aromatic rings. The van der Waals surface area contributed by atoms with Gasteiger partial charge in [0.15, 0.2) is 0 Å². The molecule has 1 aliphatic rings. The molecule has 2 aromatic heterocycles. The van der Waals surface area contributed by atoms with E-state index in [-0.39, 0.29) is 34.9 Å². The summed E-state index contributed by atoms with van der Waals surface area (Å²) in [5.74, 6) is -0.574. The molecule has 1 atom stereocenters. The predicted octanol–water partition coefficient (Wildman–Crippen LogP) is 1.78. The minimum Gasteiger partial charge on any atom is -0.463 e. The molecule has 1 unspecified atom stereocenters. The third-order valence-electron chi connectivity index (χ3n) is 4.33. The van der Waals surface area contributed by atoms with E-state index >= 15 is 0 Å². The molecule has 0 aliphatic carbocycles. The minimum absolute atomic E-state index is 0. The van der Waals surface area contributed by atoms with Gasteiger partial charge in [0.2, 0.25) is 15.8 Å². The molecular weight excluding hydrogens is 394 g/mol. The van der Waals surface area contributed by atoms with Gasteiger partial charge in [0.1, 0.15) is 10.7 Å². The van der Waals surface area contributed by atoms with Crippen LogP contribution in [0.4, 0.5) is 0 Å². The van der Waals surface area contributed by atoms with Crippen LogP contribution in [0, 0.1) is 0 Å². The Labute approximate surface area is 164 Å². The molecule has 0 radical (unpaired) electrons. The number of aryl methyl sites for hydroxylation is 1. The van der Waals surface area contributed by atoms with Gasteiger partial charge in [-0.1, -0.05) is 13.0 Å². The zero-order chi connectivity index (χ0) is 18.7. The van der Waals surface area contributed by atoms with Crippen LogP contribution >= 0.6 is 12.4 Å². The van der Waals surface area contributed by atoms with Gasteiger partial charge in [-0.15, -0.1) is 12.4 Å². The number of carbonyl (C=O) groups is 1. The second kappa shape index (κ2) is 8.83. The van der Waals surface area contributed by atoms with Crippen molar-refractivity contribution in [2.24, 2.45) is 0 Å². The summed E-state index contributed by atoms with van der Waals surface area (Å²) in [5, 5.41) is 3.22. The van der Waals surface area contributed by atoms with Crippen molar-refractivity contribution in [3.63, 3.8) is 0 Å². The summed E-state index contributed by atoms with van der Waals surface area (Å²) in [6, 6.07) is 4.49. The van der Waals surface area contributed by atoms with E-state index in [0.29, 0.717) is 26.1 Å². The lowest BCUT2D eigenvalue weighted by molar-refractivity contribution is 0.0563. The van der Waals surface area contributed by atoms with E-state index in [1.807, 2.05) is 6.07 Å². The molecule has 10 heteroatoms. The fourth-order valence-electron chi connectivity index (χ4n) is 3.03. The molecule has 0 amide bonds. The molecule has 0 spiro atoms. The molecule has 3 heterocycles. The van der Waals surface area contributed by atoms with Crippen LogP contribution in [0.25, 0.3) is 0 Å². The van der Waals surface area contributed by atoms with E-state index in [9.17, 15) is 13.2 Å². The molecule has 8 nitrogen and oxygen atoms in total. The number of rotatable bonds is 5. The van der Waals surface area contributed by atoms with Crippen molar-refractivity contribution in [3.05, 3.63) is 47.7 Å². The maximum absolute atomic E-state index is 13.3. The fraction of sp³-hybridized carbons (Fsp3) is 0.412. The average molecular weight is 416 g/mol. The Hall–Kier alpha value is -1.94. The molecule has 1 aliphatic heterocycles. The van der Waals surface area contributed by atoms with Gasteiger partial charge in [-0.2, -0.15) is 4.31 Å². The van der Waals surface area contributed by atoms with Crippen LogP contribution in [0.1, 0.15) is 34.8 Å². The number of pyridine rings is 1. The Morgan fingerprint density at radius 2 is 2.26 bits per heavy atom. The molecule has 1 fully saturated rings. The van der Waals surface area contributed by atoms with Gasteiger partial charge in [-0.3, -0.25) is 4.98 Å². The number of furan rings is 1. The number of carbonyl (C=O) groups excluding carboxylic acids is 1. The smallest absolute Gasteiger partial charge is 0.373 e. The highest BCUT2D eigenvalue weighted by atomic mass is 35.5. The number of nitrogens with one attached hydrogen (secondary N) is 1. The summed E-state index contributed by atoms with van der Waals surface area (Å²) in [6.45, 7) is 3.10. The zero-order valence-electron chi connectivity index (χ0n) is 15.0. The number of piperazine rings is 1. The van der Waals surface area contributed by atoms with Gasteiger partial charge in [-0.25, -0.2) is 13.2 Å². The number of esters is 1. The number of ether oxygens (including phenoxy) is 1. The van der Waals surface area contributed by atoms with Crippen LogP contribution in [-0.4, -0.2) is 50.4 Å². The minimum atomic E-state index is -3.86. The van der Waals surface area contributed by atoms with Crippen LogP contribution in [0.15, 0.2) is 39.9 Å². The van der Waals surface area contributed by atoms with E-state index in [1.165, 1.54) is 17.5 Å². The largest absolute Gasteiger partial charge is 0.463 e. The predicted molar refractivity (Wildman–Crippen MR) is 100 cm³/mol. The average Bonchev–Trinajstić information content (AvgIpc) is 3.13. The van der Waals surface area contributed by atoms with E-state index < -0.39 is 16.0 Å². The van der Waals surface area contributed by atoms with Crippen LogP contribution in [0.2, 0.25) is 0 Å². The van der Waals surface area contributed by atoms with Crippen LogP contribution < -0.4 is 5.32 Å². The van der Waals surface area contributed by atoms with E-state index in [2.05, 4.69) is 15.0 Å². The Bertz CT molecular complexity index is 885. The quantitative estimate of drug-likeness (QED) is 0.742. The number of sulfonamides is 1. The maximum atomic E-state index is 13.3. The summed E-state index contributed by atoms with van der Waals surface area (Å²) < 4.78 is 38.2. The second-order valence-electron chi connectivity index (χ2n) is 5.87. The van der Waals surface area contributed by atoms with Gasteiger partial charge in [0.05, 0.1) is 13.2 Å². The van der Waals surface area contributed by atoms with Crippen molar-refractivity contribution in [1.29, 1.82) is 0 Å². The fourth-order valence-corrected chi connectivity index (χ4v) is 4.88. The summed E-state index contributed by atoms with van der Waals surface area (Å²) in [5.41, 5.74) is 0.804. The van der Waals surface area contributed by atoms with Crippen molar-refractivity contribution < 1.29 is 22.4 Å². The topological polar surface area (TPSA) is 102 Å². The molecule has 3 rings (SSSR count). The highest BCUT2D eigenvalue weighted by Crippen LogP contribution is 2.32. The Kier molecular flexibility index (Phi) is 6.99. The maximum Gasteiger partial charge on any atom is 0.373 e. The summed E-state index contributed by atoms with van der Waals surface area (Å²) >= 11 is 0. The van der Waals surface area contributed by atoms with Gasteiger partial charge in [0.25, 0.3) is 0 Å². The lowest BCUT2D eigenvalue weighted by atomic mass is 10.1. The molecule has 0 bridgehead atoms. The van der Waals surface area contributed by atoms with E-state index in [1.54, 1.807) is 25.4 Å². The van der Waals surface area contributed by atoms with Crippen molar-refractivity contribution in [1.82, 2.24) is 14.6 Å². The third-order valence-corrected chi connectivity index (χ3v) is 6.28. The first-order chi connectivity index (χ1) is 12.5. The lowest BCUT2D eigenvalue weighted by Crippen LogP contribution is -2.48. The number of nitrogens with zero attached hydrogens (tertiary/aromatic N) is 2. The number of methoxy groups -OCH3 is 1. The first-order valence-corrected chi connectivity index (χ1v) is 9.76. The highest BCUT2D eigenvalue weighted by molar-refractivity contribution is 7.89. The Morgan fingerprint density at radius 3 is 2.89 bits per heavy atom. The zero-order valence-corrected chi connectivity index (χ0v) is 16.7. The summed E-state index contributed by atoms with van der Waals surface area (Å²) in [4.78, 5) is 15.8. The van der Waals surface area contributed by atoms with E-state index in [0.717, 1.165) is 5.56 Å². The Morgan fingerprint density at radius 1 is 1.48 bits per heavy atom. The van der Waals surface area contributed by atoms with Crippen molar-refractivity contribution in [2.75, 3.05) is 26.7 Å². The second-order valence-corrected chi connectivity index (χ2v) is 7.72. The monoisotopic (exact) mass is 415 g/mol. The van der Waals surface area contributed by atoms with Crippen molar-refractivity contribution in [3.8, 4) is 0 Å². The summed E-state index contributed by atoms with van der Waals surface area (Å²) in [7, 11) is -2.64. The van der Waals surface area contributed by atoms with Gasteiger partial charge in [0, 0.05) is 44.5 Å². The standard InChI is InChI=1S/C17H21N3O5S.ClH/c1-3-14-16(9-15(25-14)17(21)24-2)26(22,23)20-8-7-19-11-13(20)12-5-4-6-18-10-12;/h4-6,9-10,13,19H,3,7-8,11H2,1-2H3;1H. The third kappa shape index (κ3) is 4.16. The first kappa shape index (κ1) is 21.4. The van der Waals surface area contributed by atoms with Crippen molar-refractivity contribution >= 4 is 28.4 Å². The van der Waals surface area contributed by atoms with Crippen molar-refractivity contribution in [2.45, 2.75) is 24.3 Å². The SMILES string of the molecule is CCc1oc(C(=O)OC)cc1S(=O)(=O)N1CCNCC1c1cccnc1.Cl. The first-order valence-electron chi connectivity index (χ1n) is 8.32. The molecule has 0 aromatic carbocycles. The number of hydrogen-bond acceptors (Lipinski definition) is 7. The number of hydrogen-bond donors (Lipinski definition) is 1. The lowest BCUT2D eigenvalue weighted by Gasteiger charge is -2.35. The normalized spacial score (nSPS) is 17.9. The molecule has 0 saturated carbocycles. The van der Waals surface area contributed by atoms with Gasteiger partial charge >= 0.3 is 5.97 Å².